The van der Waals surface area contributed by atoms with Gasteiger partial charge in [-0.15, -0.1) is 0 Å². The largest absolute Gasteiger partial charge is 0.347 e. The monoisotopic (exact) mass is 348 g/mol. The van der Waals surface area contributed by atoms with Gasteiger partial charge in [0, 0.05) is 26.6 Å². The molecule has 2 atom stereocenters. The fourth-order valence-corrected chi connectivity index (χ4v) is 2.37. The summed E-state index contributed by atoms with van der Waals surface area (Å²) in [5.41, 5.74) is 6.50. The minimum atomic E-state index is -0.789. The van der Waals surface area contributed by atoms with Crippen LogP contribution in [-0.4, -0.2) is 49.3 Å². The predicted molar refractivity (Wildman–Crippen MR) is 96.5 cm³/mol. The second-order valence-electron chi connectivity index (χ2n) is 6.17. The Morgan fingerprint density at radius 3 is 2.32 bits per heavy atom. The molecule has 0 saturated carbocycles. The van der Waals surface area contributed by atoms with Crippen LogP contribution < -0.4 is 16.4 Å². The molecule has 0 fully saturated rings. The van der Waals surface area contributed by atoms with Gasteiger partial charge in [0.25, 0.3) is 0 Å². The van der Waals surface area contributed by atoms with Crippen LogP contribution in [0.5, 0.6) is 0 Å². The predicted octanol–water partition coefficient (Wildman–Crippen LogP) is 0.566. The Hall–Kier alpha value is -2.41. The molecular weight excluding hydrogens is 320 g/mol. The molecule has 0 bridgehead atoms. The molecule has 0 aliphatic heterocycles. The van der Waals surface area contributed by atoms with Gasteiger partial charge in [0.05, 0.1) is 6.54 Å². The molecular formula is C18H28N4O3. The summed E-state index contributed by atoms with van der Waals surface area (Å²) < 4.78 is 0. The molecule has 2 unspecified atom stereocenters. The zero-order valence-corrected chi connectivity index (χ0v) is 15.1. The summed E-state index contributed by atoms with van der Waals surface area (Å²) in [4.78, 5) is 37.7. The third-order valence-electron chi connectivity index (χ3n) is 3.68. The summed E-state index contributed by atoms with van der Waals surface area (Å²) in [5, 5.41) is 5.21. The molecule has 0 aliphatic rings. The second-order valence-corrected chi connectivity index (χ2v) is 6.17. The number of nitrogens with two attached hydrogens (primary N) is 1. The summed E-state index contributed by atoms with van der Waals surface area (Å²) in [6, 6.07) is 7.98. The number of rotatable bonds is 9. The van der Waals surface area contributed by atoms with E-state index in [1.165, 1.54) is 4.90 Å². The first-order chi connectivity index (χ1) is 11.8. The third-order valence-corrected chi connectivity index (χ3v) is 3.68. The van der Waals surface area contributed by atoms with E-state index in [9.17, 15) is 14.4 Å². The van der Waals surface area contributed by atoms with Crippen molar-refractivity contribution in [1.29, 1.82) is 0 Å². The van der Waals surface area contributed by atoms with Gasteiger partial charge in [-0.1, -0.05) is 43.7 Å². The van der Waals surface area contributed by atoms with Gasteiger partial charge in [0.1, 0.15) is 6.04 Å². The lowest BCUT2D eigenvalue weighted by atomic mass is 10.1. The fourth-order valence-electron chi connectivity index (χ4n) is 2.37. The fraction of sp³-hybridized carbons (Fsp3) is 0.500. The molecule has 7 nitrogen and oxygen atoms in total. The average Bonchev–Trinajstić information content (AvgIpc) is 2.58. The number of likely N-dealkylation sites (N-methyl/N-ethyl adjacent to an activating group) is 1. The maximum Gasteiger partial charge on any atom is 0.249 e. The van der Waals surface area contributed by atoms with E-state index in [1.807, 2.05) is 13.0 Å². The Bertz CT molecular complexity index is 575. The van der Waals surface area contributed by atoms with Crippen LogP contribution in [0, 0.1) is 0 Å². The van der Waals surface area contributed by atoms with Crippen molar-refractivity contribution in [3.8, 4) is 0 Å². The molecule has 7 heteroatoms. The van der Waals surface area contributed by atoms with Crippen LogP contribution in [0.25, 0.3) is 0 Å². The van der Waals surface area contributed by atoms with Crippen molar-refractivity contribution in [3.05, 3.63) is 35.9 Å². The number of nitrogens with one attached hydrogen (secondary N) is 2. The summed E-state index contributed by atoms with van der Waals surface area (Å²) >= 11 is 0. The molecule has 1 aromatic carbocycles. The summed E-state index contributed by atoms with van der Waals surface area (Å²) in [6.45, 7) is 1.80. The van der Waals surface area contributed by atoms with Crippen molar-refractivity contribution in [3.63, 3.8) is 0 Å². The van der Waals surface area contributed by atoms with Crippen molar-refractivity contribution in [2.24, 2.45) is 5.73 Å². The standard InChI is InChI=1S/C18H28N4O3/c1-4-8-14(19)11-15(23)20-12-16(24)21-17(18(25)22(2)3)13-9-6-5-7-10-13/h5-7,9-10,14,17H,4,8,11-12,19H2,1-3H3,(H,20,23)(H,21,24). The van der Waals surface area contributed by atoms with E-state index in [2.05, 4.69) is 10.6 Å². The van der Waals surface area contributed by atoms with E-state index in [-0.39, 0.29) is 30.8 Å². The molecule has 0 aromatic heterocycles. The number of benzene rings is 1. The second kappa shape index (κ2) is 10.5. The first-order valence-corrected chi connectivity index (χ1v) is 8.42. The van der Waals surface area contributed by atoms with Gasteiger partial charge < -0.3 is 21.3 Å². The minimum absolute atomic E-state index is 0.180. The highest BCUT2D eigenvalue weighted by Gasteiger charge is 2.24. The lowest BCUT2D eigenvalue weighted by Crippen LogP contribution is -2.44. The quantitative estimate of drug-likeness (QED) is 0.607. The van der Waals surface area contributed by atoms with Gasteiger partial charge in [-0.3, -0.25) is 14.4 Å². The van der Waals surface area contributed by atoms with Crippen LogP contribution in [0.15, 0.2) is 30.3 Å². The Labute approximate surface area is 148 Å². The number of carbonyl (C=O) groups is 3. The molecule has 25 heavy (non-hydrogen) atoms. The molecule has 0 saturated heterocycles. The molecule has 3 amide bonds. The zero-order valence-electron chi connectivity index (χ0n) is 15.1. The number of hydrogen-bond donors (Lipinski definition) is 3. The van der Waals surface area contributed by atoms with Crippen LogP contribution in [0.4, 0.5) is 0 Å². The number of nitrogens with zero attached hydrogens (tertiary/aromatic N) is 1. The van der Waals surface area contributed by atoms with Crippen LogP contribution in [0.1, 0.15) is 37.8 Å². The van der Waals surface area contributed by atoms with E-state index >= 15 is 0 Å². The minimum Gasteiger partial charge on any atom is -0.347 e. The van der Waals surface area contributed by atoms with Gasteiger partial charge in [-0.05, 0) is 12.0 Å². The number of amides is 3. The lowest BCUT2D eigenvalue weighted by Gasteiger charge is -2.22. The van der Waals surface area contributed by atoms with Crippen molar-refractivity contribution >= 4 is 17.7 Å². The Kier molecular flexibility index (Phi) is 8.63. The zero-order chi connectivity index (χ0) is 18.8. The summed E-state index contributed by atoms with van der Waals surface area (Å²) in [5.74, 6) is -0.941. The van der Waals surface area contributed by atoms with Gasteiger partial charge >= 0.3 is 0 Å². The molecule has 138 valence electrons. The molecule has 1 aromatic rings. The Balaban J connectivity index is 2.61. The first kappa shape index (κ1) is 20.6. The van der Waals surface area contributed by atoms with E-state index in [0.29, 0.717) is 5.56 Å². The topological polar surface area (TPSA) is 105 Å². The lowest BCUT2D eigenvalue weighted by molar-refractivity contribution is -0.134. The summed E-state index contributed by atoms with van der Waals surface area (Å²) in [7, 11) is 3.25. The molecule has 0 heterocycles. The normalized spacial score (nSPS) is 12.8. The maximum absolute atomic E-state index is 12.3. The van der Waals surface area contributed by atoms with E-state index < -0.39 is 11.9 Å². The molecule has 0 radical (unpaired) electrons. The average molecular weight is 348 g/mol. The van der Waals surface area contributed by atoms with Gasteiger partial charge in [0.2, 0.25) is 17.7 Å². The summed E-state index contributed by atoms with van der Waals surface area (Å²) in [6.07, 6.45) is 1.84. The van der Waals surface area contributed by atoms with Crippen molar-refractivity contribution in [2.45, 2.75) is 38.3 Å². The Morgan fingerprint density at radius 1 is 1.12 bits per heavy atom. The maximum atomic E-state index is 12.3. The van der Waals surface area contributed by atoms with Crippen LogP contribution in [-0.2, 0) is 14.4 Å². The molecule has 1 rings (SSSR count). The van der Waals surface area contributed by atoms with Crippen LogP contribution in [0.2, 0.25) is 0 Å². The third kappa shape index (κ3) is 7.34. The molecule has 0 spiro atoms. The van der Waals surface area contributed by atoms with Crippen molar-refractivity contribution in [1.82, 2.24) is 15.5 Å². The highest BCUT2D eigenvalue weighted by molar-refractivity contribution is 5.90. The van der Waals surface area contributed by atoms with E-state index in [4.69, 9.17) is 5.73 Å². The first-order valence-electron chi connectivity index (χ1n) is 8.42. The van der Waals surface area contributed by atoms with Crippen molar-refractivity contribution < 1.29 is 14.4 Å². The highest BCUT2D eigenvalue weighted by Crippen LogP contribution is 2.14. The van der Waals surface area contributed by atoms with Crippen LogP contribution >= 0.6 is 0 Å². The van der Waals surface area contributed by atoms with Gasteiger partial charge in [-0.25, -0.2) is 0 Å². The SMILES string of the molecule is CCCC(N)CC(=O)NCC(=O)NC(C(=O)N(C)C)c1ccccc1. The van der Waals surface area contributed by atoms with E-state index in [1.54, 1.807) is 38.4 Å². The Morgan fingerprint density at radius 2 is 1.76 bits per heavy atom. The van der Waals surface area contributed by atoms with Crippen molar-refractivity contribution in [2.75, 3.05) is 20.6 Å². The highest BCUT2D eigenvalue weighted by atomic mass is 16.2. The van der Waals surface area contributed by atoms with Crippen LogP contribution in [0.3, 0.4) is 0 Å². The molecule has 4 N–H and O–H groups in total. The van der Waals surface area contributed by atoms with Gasteiger partial charge in [0.15, 0.2) is 0 Å². The number of carbonyl (C=O) groups excluding carboxylic acids is 3. The number of hydrogen-bond acceptors (Lipinski definition) is 4. The smallest absolute Gasteiger partial charge is 0.249 e. The van der Waals surface area contributed by atoms with Gasteiger partial charge in [-0.2, -0.15) is 0 Å². The van der Waals surface area contributed by atoms with E-state index in [0.717, 1.165) is 12.8 Å². The molecule has 0 aliphatic carbocycles.